The lowest BCUT2D eigenvalue weighted by molar-refractivity contribution is 0.0519. The van der Waals surface area contributed by atoms with Crippen molar-refractivity contribution in [3.63, 3.8) is 0 Å². The van der Waals surface area contributed by atoms with E-state index in [1.165, 1.54) is 15.2 Å². The molecule has 1 aromatic carbocycles. The fourth-order valence-corrected chi connectivity index (χ4v) is 3.64. The molecule has 0 fully saturated rings. The molecule has 21 heavy (non-hydrogen) atoms. The van der Waals surface area contributed by atoms with Crippen molar-refractivity contribution in [2.75, 3.05) is 11.5 Å². The van der Waals surface area contributed by atoms with Gasteiger partial charge in [0.1, 0.15) is 11.5 Å². The highest BCUT2D eigenvalue weighted by Gasteiger charge is 2.18. The maximum atomic E-state index is 13.5. The smallest absolute Gasteiger partial charge is 0.355 e. The van der Waals surface area contributed by atoms with E-state index in [2.05, 4.69) is 59.7 Å². The molecule has 0 atom stereocenters. The third-order valence-electron chi connectivity index (χ3n) is 2.35. The molecule has 0 bridgehead atoms. The number of benzene rings is 1. The summed E-state index contributed by atoms with van der Waals surface area (Å²) >= 11 is 7.36. The van der Waals surface area contributed by atoms with Gasteiger partial charge in [0.25, 0.3) is 0 Å². The van der Waals surface area contributed by atoms with Gasteiger partial charge in [0, 0.05) is 35.7 Å². The van der Waals surface area contributed by atoms with Crippen LogP contribution in [0.1, 0.15) is 24.8 Å². The Bertz CT molecular complexity index is 622. The quantitative estimate of drug-likeness (QED) is 0.237. The predicted octanol–water partition coefficient (Wildman–Crippen LogP) is 6.25. The Morgan fingerprint density at radius 1 is 1.43 bits per heavy atom. The number of ether oxygens (including phenoxy) is 1. The predicted molar refractivity (Wildman–Crippen MR) is 109 cm³/mol. The van der Waals surface area contributed by atoms with Crippen molar-refractivity contribution in [3.05, 3.63) is 34.2 Å². The van der Waals surface area contributed by atoms with Crippen molar-refractivity contribution in [2.45, 2.75) is 14.4 Å². The van der Waals surface area contributed by atoms with Gasteiger partial charge in [-0.1, -0.05) is 30.0 Å². The van der Waals surface area contributed by atoms with Crippen LogP contribution in [-0.4, -0.2) is 21.5 Å². The van der Waals surface area contributed by atoms with Crippen molar-refractivity contribution in [2.24, 2.45) is 0 Å². The maximum Gasteiger partial charge on any atom is 0.355 e. The van der Waals surface area contributed by atoms with Crippen LogP contribution in [0.4, 0.5) is 4.39 Å². The Labute approximate surface area is 162 Å². The summed E-state index contributed by atoms with van der Waals surface area (Å²) in [4.78, 5) is 13.8. The molecule has 0 N–H and O–H groups in total. The van der Waals surface area contributed by atoms with Crippen molar-refractivity contribution in [3.8, 4) is 0 Å². The van der Waals surface area contributed by atoms with Crippen LogP contribution < -0.4 is 0 Å². The third kappa shape index (κ3) is 4.96. The molecule has 0 unspecified atom stereocenters. The van der Waals surface area contributed by atoms with Gasteiger partial charge in [-0.15, -0.1) is 0 Å². The molecule has 2 aromatic rings. The molecule has 0 aliphatic carbocycles. The van der Waals surface area contributed by atoms with Gasteiger partial charge in [-0.05, 0) is 46.0 Å². The van der Waals surface area contributed by atoms with Gasteiger partial charge in [0.15, 0.2) is 0 Å². The Hall–Kier alpha value is 0.450. The van der Waals surface area contributed by atoms with E-state index in [0.29, 0.717) is 22.2 Å². The minimum absolute atomic E-state index is 0. The van der Waals surface area contributed by atoms with Crippen LogP contribution in [0.15, 0.2) is 22.7 Å². The summed E-state index contributed by atoms with van der Waals surface area (Å²) < 4.78 is 20.5. The van der Waals surface area contributed by atoms with E-state index in [1.54, 1.807) is 23.0 Å². The number of nitrogens with zero attached hydrogens (tertiary/aromatic N) is 1. The number of rotatable bonds is 3. The van der Waals surface area contributed by atoms with Crippen LogP contribution in [0, 0.1) is 5.82 Å². The van der Waals surface area contributed by atoms with Crippen molar-refractivity contribution >= 4 is 85.7 Å². The van der Waals surface area contributed by atoms with Gasteiger partial charge in [0.2, 0.25) is 0 Å². The molecule has 0 aliphatic rings. The zero-order valence-corrected chi connectivity index (χ0v) is 17.3. The van der Waals surface area contributed by atoms with Crippen molar-refractivity contribution in [1.29, 1.82) is 0 Å². The summed E-state index contributed by atoms with van der Waals surface area (Å²) in [5.41, 5.74) is 1.18. The molecule has 1 heterocycles. The largest absolute Gasteiger partial charge is 0.461 e. The monoisotopic (exact) mass is 601 g/mol. The van der Waals surface area contributed by atoms with E-state index in [1.807, 2.05) is 4.93 Å². The maximum absolute atomic E-state index is 13.5. The molecule has 0 aliphatic heterocycles. The van der Waals surface area contributed by atoms with Crippen LogP contribution in [0.5, 0.6) is 0 Å². The first-order chi connectivity index (χ1) is 9.58. The first-order valence-corrected chi connectivity index (χ1v) is 11.7. The molecular weight excluding hydrogens is 587 g/mol. The lowest BCUT2D eigenvalue weighted by Crippen LogP contribution is -2.07. The molecule has 1 aromatic heterocycles. The molecular formula is C13H15BrFI2NO2S. The Morgan fingerprint density at radius 2 is 2.05 bits per heavy atom. The molecule has 0 radical (unpaired) electrons. The number of halogens is 4. The van der Waals surface area contributed by atoms with E-state index < -0.39 is 5.97 Å². The first-order valence-electron chi connectivity index (χ1n) is 5.43. The number of fused-ring (bicyclic) bond motifs is 1. The van der Waals surface area contributed by atoms with Crippen molar-refractivity contribution < 1.29 is 13.9 Å². The van der Waals surface area contributed by atoms with Crippen LogP contribution in [0.3, 0.4) is 0 Å². The highest BCUT2D eigenvalue weighted by atomic mass is 127. The van der Waals surface area contributed by atoms with Gasteiger partial charge in [-0.3, -0.25) is 3.97 Å². The topological polar surface area (TPSA) is 31.2 Å². The van der Waals surface area contributed by atoms with Gasteiger partial charge in [0.05, 0.1) is 16.6 Å². The van der Waals surface area contributed by atoms with Crippen LogP contribution in [0.25, 0.3) is 10.9 Å². The zero-order valence-electron chi connectivity index (χ0n) is 10.6. The minimum Gasteiger partial charge on any atom is -0.461 e. The fraction of sp³-hybridized carbons (Fsp3) is 0.308. The normalized spacial score (nSPS) is 9.62. The summed E-state index contributed by atoms with van der Waals surface area (Å²) in [5, 5.41) is 0.669. The molecule has 3 nitrogen and oxygen atoms in total. The highest BCUT2D eigenvalue weighted by molar-refractivity contribution is 14.2. The number of carbonyl (C=O) groups is 1. The van der Waals surface area contributed by atoms with E-state index >= 15 is 0 Å². The third-order valence-corrected chi connectivity index (χ3v) is 4.67. The summed E-state index contributed by atoms with van der Waals surface area (Å²) in [6.45, 7) is 2.06. The van der Waals surface area contributed by atoms with E-state index in [0.717, 1.165) is 5.52 Å². The van der Waals surface area contributed by atoms with E-state index in [9.17, 15) is 9.18 Å². The van der Waals surface area contributed by atoms with E-state index in [4.69, 9.17) is 4.74 Å². The lowest BCUT2D eigenvalue weighted by Gasteiger charge is -2.05. The number of hydrogen-bond donors (Lipinski definition) is 0. The Balaban J connectivity index is 0.00000128. The minimum atomic E-state index is -0.408. The molecule has 0 spiro atoms. The SMILES string of the molecule is C.CCOC(=O)c1cc2cc(F)c(Br)cc2n1SI.CI. The second-order valence-corrected chi connectivity index (χ2v) is 5.98. The number of carbonyl (C=O) groups excluding carboxylic acids is 1. The van der Waals surface area contributed by atoms with Gasteiger partial charge < -0.3 is 4.74 Å². The number of esters is 1. The zero-order chi connectivity index (χ0) is 15.3. The molecule has 0 amide bonds. The van der Waals surface area contributed by atoms with Gasteiger partial charge in [-0.25, -0.2) is 9.18 Å². The van der Waals surface area contributed by atoms with Gasteiger partial charge >= 0.3 is 5.97 Å². The number of hydrogen-bond acceptors (Lipinski definition) is 3. The standard InChI is InChI=1S/C11H8BrFINO2S.CH3I.CH4/c1-2-17-11(16)10-4-6-3-8(13)7(12)5-9(6)15(10)18-14;1-2;/h3-5H,2H2,1H3;1H3;1H4. The Kier molecular flexibility index (Phi) is 10.5. The second-order valence-electron chi connectivity index (χ2n) is 3.44. The average Bonchev–Trinajstić information content (AvgIpc) is 2.79. The number of aromatic nitrogens is 1. The molecule has 0 saturated heterocycles. The van der Waals surface area contributed by atoms with Crippen LogP contribution in [-0.2, 0) is 4.74 Å². The lowest BCUT2D eigenvalue weighted by atomic mass is 10.2. The number of alkyl halides is 1. The average molecular weight is 602 g/mol. The molecule has 2 rings (SSSR count). The molecule has 0 saturated carbocycles. The Morgan fingerprint density at radius 3 is 2.57 bits per heavy atom. The molecule has 8 heteroatoms. The summed E-state index contributed by atoms with van der Waals surface area (Å²) in [7, 11) is 1.34. The van der Waals surface area contributed by atoms with E-state index in [-0.39, 0.29) is 13.2 Å². The fourth-order valence-electron chi connectivity index (χ4n) is 1.60. The van der Waals surface area contributed by atoms with Crippen LogP contribution in [0.2, 0.25) is 0 Å². The summed E-state index contributed by atoms with van der Waals surface area (Å²) in [6, 6.07) is 4.68. The van der Waals surface area contributed by atoms with Crippen LogP contribution >= 0.6 is 68.8 Å². The summed E-state index contributed by atoms with van der Waals surface area (Å²) in [5.74, 6) is -0.761. The molecule has 118 valence electrons. The van der Waals surface area contributed by atoms with Crippen molar-refractivity contribution in [1.82, 2.24) is 3.97 Å². The van der Waals surface area contributed by atoms with Gasteiger partial charge in [-0.2, -0.15) is 0 Å². The summed E-state index contributed by atoms with van der Waals surface area (Å²) in [6.07, 6.45) is 0. The first kappa shape index (κ1) is 21.4. The second kappa shape index (κ2) is 10.3. The highest BCUT2D eigenvalue weighted by Crippen LogP contribution is 2.32.